The molecule has 0 aromatic heterocycles. The van der Waals surface area contributed by atoms with Gasteiger partial charge in [0.1, 0.15) is 11.9 Å². The van der Waals surface area contributed by atoms with Crippen LogP contribution in [-0.4, -0.2) is 40.2 Å². The zero-order valence-corrected chi connectivity index (χ0v) is 12.2. The van der Waals surface area contributed by atoms with E-state index in [2.05, 4.69) is 17.9 Å². The lowest BCUT2D eigenvalue weighted by Gasteiger charge is -2.29. The highest BCUT2D eigenvalue weighted by molar-refractivity contribution is 7.80. The Kier molecular flexibility index (Phi) is 5.05. The minimum atomic E-state index is -1.01. The molecule has 0 spiro atoms. The Morgan fingerprint density at radius 2 is 2.05 bits per heavy atom. The van der Waals surface area contributed by atoms with Gasteiger partial charge in [0.15, 0.2) is 0 Å². The van der Waals surface area contributed by atoms with Crippen LogP contribution >= 0.6 is 12.6 Å². The molecule has 5 nitrogen and oxygen atoms in total. The molecule has 0 fully saturated rings. The number of nitrogens with zero attached hydrogens (tertiary/aromatic N) is 1. The fourth-order valence-electron chi connectivity index (χ4n) is 1.93. The normalized spacial score (nSPS) is 15.3. The summed E-state index contributed by atoms with van der Waals surface area (Å²) in [7, 11) is 0. The molecule has 110 valence electrons. The van der Waals surface area contributed by atoms with Crippen molar-refractivity contribution in [2.45, 2.75) is 6.04 Å². The Labute approximate surface area is 128 Å². The van der Waals surface area contributed by atoms with Crippen molar-refractivity contribution >= 4 is 24.5 Å². The molecule has 1 heterocycles. The van der Waals surface area contributed by atoms with Crippen LogP contribution in [0.5, 0.6) is 0 Å². The molecule has 1 amide bonds. The van der Waals surface area contributed by atoms with E-state index < -0.39 is 12.0 Å². The number of aliphatic carboxylic acids is 1. The zero-order chi connectivity index (χ0) is 15.2. The van der Waals surface area contributed by atoms with Crippen LogP contribution in [0.4, 0.5) is 0 Å². The van der Waals surface area contributed by atoms with Crippen LogP contribution in [-0.2, 0) is 4.79 Å². The van der Waals surface area contributed by atoms with Crippen LogP contribution < -0.4 is 5.32 Å². The van der Waals surface area contributed by atoms with Crippen LogP contribution in [0.1, 0.15) is 10.4 Å². The maximum Gasteiger partial charge on any atom is 0.327 e. The number of rotatable bonds is 5. The van der Waals surface area contributed by atoms with Crippen molar-refractivity contribution in [1.82, 2.24) is 10.2 Å². The van der Waals surface area contributed by atoms with Gasteiger partial charge in [0.05, 0.1) is 0 Å². The molecule has 0 saturated carbocycles. The molecule has 1 atom stereocenters. The maximum absolute atomic E-state index is 12.5. The maximum atomic E-state index is 12.5. The first-order valence-corrected chi connectivity index (χ1v) is 7.10. The van der Waals surface area contributed by atoms with Crippen LogP contribution in [0.25, 0.3) is 0 Å². The van der Waals surface area contributed by atoms with E-state index in [4.69, 9.17) is 5.11 Å². The number of hydrogen-bond acceptors (Lipinski definition) is 4. The van der Waals surface area contributed by atoms with Gasteiger partial charge in [-0.05, 0) is 18.2 Å². The minimum absolute atomic E-state index is 0.129. The summed E-state index contributed by atoms with van der Waals surface area (Å²) in [6.07, 6.45) is 5.31. The Hall–Kier alpha value is -2.21. The molecule has 2 N–H and O–H groups in total. The second kappa shape index (κ2) is 6.99. The number of amides is 1. The number of benzene rings is 1. The Balaban J connectivity index is 2.19. The van der Waals surface area contributed by atoms with Gasteiger partial charge in [-0.15, -0.1) is 0 Å². The van der Waals surface area contributed by atoms with Gasteiger partial charge in [-0.2, -0.15) is 12.6 Å². The van der Waals surface area contributed by atoms with Crippen LogP contribution in [0.3, 0.4) is 0 Å². The van der Waals surface area contributed by atoms with Crippen molar-refractivity contribution in [2.75, 3.05) is 12.3 Å². The first kappa shape index (κ1) is 15.2. The Morgan fingerprint density at radius 1 is 1.33 bits per heavy atom. The Morgan fingerprint density at radius 3 is 2.67 bits per heavy atom. The number of allylic oxidation sites excluding steroid dienone is 2. The molecule has 0 radical (unpaired) electrons. The SMILES string of the molecule is O=C(O)[C@@H](CS)NC1=CC=CCN1C(=O)c1ccccc1. The van der Waals surface area contributed by atoms with Gasteiger partial charge < -0.3 is 10.4 Å². The highest BCUT2D eigenvalue weighted by Gasteiger charge is 2.24. The average Bonchev–Trinajstić information content (AvgIpc) is 2.52. The number of thiol groups is 1. The number of carboxylic acids is 1. The smallest absolute Gasteiger partial charge is 0.327 e. The van der Waals surface area contributed by atoms with E-state index in [9.17, 15) is 9.59 Å². The van der Waals surface area contributed by atoms with Crippen molar-refractivity contribution in [1.29, 1.82) is 0 Å². The van der Waals surface area contributed by atoms with Crippen molar-refractivity contribution in [3.05, 3.63) is 59.9 Å². The summed E-state index contributed by atoms with van der Waals surface area (Å²) in [6, 6.07) is 8.02. The van der Waals surface area contributed by atoms with Gasteiger partial charge >= 0.3 is 5.97 Å². The highest BCUT2D eigenvalue weighted by Crippen LogP contribution is 2.14. The fraction of sp³-hybridized carbons (Fsp3) is 0.200. The van der Waals surface area contributed by atoms with Crippen molar-refractivity contribution < 1.29 is 14.7 Å². The third kappa shape index (κ3) is 3.66. The first-order chi connectivity index (χ1) is 10.1. The van der Waals surface area contributed by atoms with E-state index in [0.29, 0.717) is 17.9 Å². The predicted molar refractivity (Wildman–Crippen MR) is 83.1 cm³/mol. The van der Waals surface area contributed by atoms with E-state index in [0.717, 1.165) is 0 Å². The fourth-order valence-corrected chi connectivity index (χ4v) is 2.18. The molecule has 21 heavy (non-hydrogen) atoms. The van der Waals surface area contributed by atoms with E-state index >= 15 is 0 Å². The molecular weight excluding hydrogens is 288 g/mol. The van der Waals surface area contributed by atoms with Crippen LogP contribution in [0.15, 0.2) is 54.4 Å². The molecule has 0 unspecified atom stereocenters. The summed E-state index contributed by atoms with van der Waals surface area (Å²) in [5.41, 5.74) is 0.554. The standard InChI is InChI=1S/C15H16N2O3S/c18-14(11-6-2-1-3-7-11)17-9-5-4-8-13(17)16-12(10-21)15(19)20/h1-8,12,16,21H,9-10H2,(H,19,20)/t12-/m1/s1. The molecule has 1 aliphatic rings. The molecular formula is C15H16N2O3S. The van der Waals surface area contributed by atoms with Crippen LogP contribution in [0.2, 0.25) is 0 Å². The largest absolute Gasteiger partial charge is 0.480 e. The summed E-state index contributed by atoms with van der Waals surface area (Å²) in [5.74, 6) is -0.591. The summed E-state index contributed by atoms with van der Waals surface area (Å²) in [5, 5.41) is 11.9. The van der Waals surface area contributed by atoms with Gasteiger partial charge in [0, 0.05) is 17.9 Å². The van der Waals surface area contributed by atoms with Crippen molar-refractivity contribution in [3.8, 4) is 0 Å². The second-order valence-corrected chi connectivity index (χ2v) is 4.84. The summed E-state index contributed by atoms with van der Waals surface area (Å²) in [4.78, 5) is 25.1. The molecule has 1 aromatic carbocycles. The van der Waals surface area contributed by atoms with E-state index in [-0.39, 0.29) is 11.7 Å². The number of nitrogens with one attached hydrogen (secondary N) is 1. The lowest BCUT2D eigenvalue weighted by molar-refractivity contribution is -0.138. The predicted octanol–water partition coefficient (Wildman–Crippen LogP) is 1.51. The molecule has 0 saturated heterocycles. The third-order valence-corrected chi connectivity index (χ3v) is 3.40. The molecule has 0 bridgehead atoms. The van der Waals surface area contributed by atoms with Gasteiger partial charge in [-0.1, -0.05) is 30.4 Å². The van der Waals surface area contributed by atoms with E-state index in [1.54, 1.807) is 36.4 Å². The first-order valence-electron chi connectivity index (χ1n) is 6.47. The molecule has 2 rings (SSSR count). The third-order valence-electron chi connectivity index (χ3n) is 3.04. The molecule has 1 aromatic rings. The van der Waals surface area contributed by atoms with Gasteiger partial charge in [0.25, 0.3) is 5.91 Å². The minimum Gasteiger partial charge on any atom is -0.480 e. The Bertz CT molecular complexity index is 584. The number of carbonyl (C=O) groups excluding carboxylic acids is 1. The number of hydrogen-bond donors (Lipinski definition) is 3. The van der Waals surface area contributed by atoms with E-state index in [1.165, 1.54) is 4.90 Å². The second-order valence-electron chi connectivity index (χ2n) is 4.48. The van der Waals surface area contributed by atoms with E-state index in [1.807, 2.05) is 12.1 Å². The summed E-state index contributed by atoms with van der Waals surface area (Å²) in [6.45, 7) is 0.394. The topological polar surface area (TPSA) is 69.6 Å². The quantitative estimate of drug-likeness (QED) is 0.721. The van der Waals surface area contributed by atoms with Gasteiger partial charge in [0.2, 0.25) is 0 Å². The lowest BCUT2D eigenvalue weighted by Crippen LogP contribution is -2.45. The molecule has 0 aliphatic carbocycles. The molecule has 6 heteroatoms. The molecule has 1 aliphatic heterocycles. The zero-order valence-electron chi connectivity index (χ0n) is 11.3. The van der Waals surface area contributed by atoms with Crippen molar-refractivity contribution in [3.63, 3.8) is 0 Å². The monoisotopic (exact) mass is 304 g/mol. The highest BCUT2D eigenvalue weighted by atomic mass is 32.1. The number of carbonyl (C=O) groups is 2. The van der Waals surface area contributed by atoms with Crippen molar-refractivity contribution in [2.24, 2.45) is 0 Å². The average molecular weight is 304 g/mol. The van der Waals surface area contributed by atoms with Gasteiger partial charge in [-0.3, -0.25) is 9.69 Å². The summed E-state index contributed by atoms with van der Waals surface area (Å²) >= 11 is 4.01. The van der Waals surface area contributed by atoms with Gasteiger partial charge in [-0.25, -0.2) is 4.79 Å². The summed E-state index contributed by atoms with van der Waals surface area (Å²) < 4.78 is 0. The lowest BCUT2D eigenvalue weighted by atomic mass is 10.2. The van der Waals surface area contributed by atoms with Crippen LogP contribution in [0, 0.1) is 0 Å². The number of carboxylic acid groups (broad SMARTS) is 1.